The quantitative estimate of drug-likeness (QED) is 0.291. The van der Waals surface area contributed by atoms with Crippen LogP contribution in [0.25, 0.3) is 0 Å². The smallest absolute Gasteiger partial charge is 0.333 e. The predicted molar refractivity (Wildman–Crippen MR) is 106 cm³/mol. The van der Waals surface area contributed by atoms with E-state index in [1.165, 1.54) is 13.0 Å². The van der Waals surface area contributed by atoms with Gasteiger partial charge in [0.2, 0.25) is 0 Å². The third-order valence-electron chi connectivity index (χ3n) is 5.55. The Labute approximate surface area is 177 Å². The number of allylic oxidation sites excluding steroid dienone is 1. The van der Waals surface area contributed by atoms with E-state index in [1.807, 2.05) is 0 Å². The Morgan fingerprint density at radius 1 is 0.800 bits per heavy atom. The zero-order valence-corrected chi connectivity index (χ0v) is 18.4. The first-order valence-electron chi connectivity index (χ1n) is 10.3. The van der Waals surface area contributed by atoms with E-state index < -0.39 is 66.4 Å². The van der Waals surface area contributed by atoms with Crippen LogP contribution < -0.4 is 0 Å². The number of rotatable bonds is 8. The lowest BCUT2D eigenvalue weighted by atomic mass is 9.84. The topological polar surface area (TPSA) is 140 Å². The van der Waals surface area contributed by atoms with Crippen LogP contribution in [-0.2, 0) is 28.6 Å². The maximum Gasteiger partial charge on any atom is 0.333 e. The number of carbonyl (C=O) groups is 3. The van der Waals surface area contributed by atoms with Crippen LogP contribution in [-0.4, -0.2) is 69.9 Å². The SMILES string of the molecule is CC=C(C)C(=O)OC1C(O)C(O)C(OC(=O)C(C)CC)C(OC(=O)C(C)CC)C1O. The number of ether oxygens (including phenoxy) is 3. The molecule has 0 amide bonds. The zero-order valence-electron chi connectivity index (χ0n) is 18.4. The molecule has 1 fully saturated rings. The third-order valence-corrected chi connectivity index (χ3v) is 5.55. The first-order chi connectivity index (χ1) is 14.0. The molecule has 3 N–H and O–H groups in total. The van der Waals surface area contributed by atoms with Gasteiger partial charge in [0.1, 0.15) is 18.3 Å². The van der Waals surface area contributed by atoms with Crippen LogP contribution >= 0.6 is 0 Å². The van der Waals surface area contributed by atoms with Gasteiger partial charge < -0.3 is 29.5 Å². The van der Waals surface area contributed by atoms with Crippen molar-refractivity contribution in [2.45, 2.75) is 91.0 Å². The van der Waals surface area contributed by atoms with Gasteiger partial charge in [0.15, 0.2) is 18.3 Å². The van der Waals surface area contributed by atoms with E-state index in [0.717, 1.165) is 0 Å². The van der Waals surface area contributed by atoms with E-state index in [2.05, 4.69) is 0 Å². The van der Waals surface area contributed by atoms with Crippen LogP contribution in [0.3, 0.4) is 0 Å². The molecular weight excluding hydrogens is 396 g/mol. The van der Waals surface area contributed by atoms with Crippen molar-refractivity contribution in [2.24, 2.45) is 11.8 Å². The van der Waals surface area contributed by atoms with E-state index in [9.17, 15) is 29.7 Å². The van der Waals surface area contributed by atoms with Gasteiger partial charge in [-0.1, -0.05) is 33.8 Å². The van der Waals surface area contributed by atoms with E-state index in [1.54, 1.807) is 34.6 Å². The van der Waals surface area contributed by atoms with Crippen LogP contribution in [0.5, 0.6) is 0 Å². The summed E-state index contributed by atoms with van der Waals surface area (Å²) in [6.45, 7) is 9.88. The second-order valence-corrected chi connectivity index (χ2v) is 7.73. The Morgan fingerprint density at radius 2 is 1.20 bits per heavy atom. The number of aliphatic hydroxyl groups is 3. The van der Waals surface area contributed by atoms with Gasteiger partial charge in [-0.25, -0.2) is 4.79 Å². The average Bonchev–Trinajstić information content (AvgIpc) is 2.74. The van der Waals surface area contributed by atoms with Gasteiger partial charge in [-0.3, -0.25) is 9.59 Å². The van der Waals surface area contributed by atoms with Crippen molar-refractivity contribution in [3.63, 3.8) is 0 Å². The van der Waals surface area contributed by atoms with Crippen LogP contribution in [0.15, 0.2) is 11.6 Å². The van der Waals surface area contributed by atoms with Crippen molar-refractivity contribution in [1.82, 2.24) is 0 Å². The second kappa shape index (κ2) is 11.4. The lowest BCUT2D eigenvalue weighted by molar-refractivity contribution is -0.248. The normalized spacial score (nSPS) is 31.4. The maximum absolute atomic E-state index is 12.3. The lowest BCUT2D eigenvalue weighted by Crippen LogP contribution is -2.66. The fourth-order valence-corrected chi connectivity index (χ4v) is 2.75. The Kier molecular flexibility index (Phi) is 9.93. The van der Waals surface area contributed by atoms with Gasteiger partial charge in [-0.15, -0.1) is 0 Å². The van der Waals surface area contributed by atoms with Gasteiger partial charge in [0, 0.05) is 5.57 Å². The summed E-state index contributed by atoms with van der Waals surface area (Å²) in [6.07, 6.45) is -7.46. The number of aliphatic hydroxyl groups excluding tert-OH is 3. The highest BCUT2D eigenvalue weighted by Gasteiger charge is 2.55. The molecule has 9 heteroatoms. The van der Waals surface area contributed by atoms with Crippen LogP contribution in [0.2, 0.25) is 0 Å². The van der Waals surface area contributed by atoms with Crippen molar-refractivity contribution in [2.75, 3.05) is 0 Å². The van der Waals surface area contributed by atoms with E-state index >= 15 is 0 Å². The van der Waals surface area contributed by atoms with Crippen molar-refractivity contribution in [3.8, 4) is 0 Å². The van der Waals surface area contributed by atoms with Gasteiger partial charge in [-0.2, -0.15) is 0 Å². The molecule has 30 heavy (non-hydrogen) atoms. The van der Waals surface area contributed by atoms with Crippen molar-refractivity contribution in [1.29, 1.82) is 0 Å². The summed E-state index contributed by atoms with van der Waals surface area (Å²) in [5.41, 5.74) is 0.224. The van der Waals surface area contributed by atoms with Crippen LogP contribution in [0.4, 0.5) is 0 Å². The molecule has 0 saturated heterocycles. The maximum atomic E-state index is 12.3. The molecule has 0 aliphatic heterocycles. The second-order valence-electron chi connectivity index (χ2n) is 7.73. The molecule has 0 radical (unpaired) electrons. The molecule has 0 aromatic carbocycles. The minimum absolute atomic E-state index is 0.224. The molecule has 1 rings (SSSR count). The highest BCUT2D eigenvalue weighted by molar-refractivity contribution is 5.87. The molecule has 0 aromatic rings. The number of hydrogen-bond donors (Lipinski definition) is 3. The number of carbonyl (C=O) groups excluding carboxylic acids is 3. The van der Waals surface area contributed by atoms with Gasteiger partial charge >= 0.3 is 17.9 Å². The molecule has 0 aromatic heterocycles. The monoisotopic (exact) mass is 430 g/mol. The van der Waals surface area contributed by atoms with E-state index in [-0.39, 0.29) is 5.57 Å². The molecule has 0 spiro atoms. The van der Waals surface area contributed by atoms with Crippen molar-refractivity contribution in [3.05, 3.63) is 11.6 Å². The average molecular weight is 430 g/mol. The minimum Gasteiger partial charge on any atom is -0.455 e. The molecule has 8 unspecified atom stereocenters. The lowest BCUT2D eigenvalue weighted by Gasteiger charge is -2.44. The fourth-order valence-electron chi connectivity index (χ4n) is 2.75. The Balaban J connectivity index is 3.22. The first kappa shape index (κ1) is 26.1. The van der Waals surface area contributed by atoms with Gasteiger partial charge in [0.05, 0.1) is 11.8 Å². The molecule has 1 aliphatic carbocycles. The molecular formula is C21H34O9. The van der Waals surface area contributed by atoms with Crippen LogP contribution in [0, 0.1) is 11.8 Å². The molecule has 0 heterocycles. The molecule has 1 saturated carbocycles. The summed E-state index contributed by atoms with van der Waals surface area (Å²) in [6, 6.07) is 0. The third kappa shape index (κ3) is 6.02. The summed E-state index contributed by atoms with van der Waals surface area (Å²) in [5, 5.41) is 31.8. The highest BCUT2D eigenvalue weighted by Crippen LogP contribution is 2.30. The van der Waals surface area contributed by atoms with Gasteiger partial charge in [-0.05, 0) is 26.7 Å². The zero-order chi connectivity index (χ0) is 23.2. The summed E-state index contributed by atoms with van der Waals surface area (Å²) in [5.74, 6) is -3.19. The largest absolute Gasteiger partial charge is 0.455 e. The first-order valence-corrected chi connectivity index (χ1v) is 10.3. The molecule has 172 valence electrons. The Morgan fingerprint density at radius 3 is 1.60 bits per heavy atom. The van der Waals surface area contributed by atoms with Crippen molar-refractivity contribution < 1.29 is 43.9 Å². The van der Waals surface area contributed by atoms with Gasteiger partial charge in [0.25, 0.3) is 0 Å². The molecule has 9 nitrogen and oxygen atoms in total. The summed E-state index contributed by atoms with van der Waals surface area (Å²) >= 11 is 0. The standard InChI is InChI=1S/C21H34O9/c1-7-10(4)19(25)28-16-13(22)14(23)17(29-20(26)11(5)8-2)18(15(16)24)30-21(27)12(6)9-3/h7,11-18,22-24H,8-9H2,1-6H3. The van der Waals surface area contributed by atoms with E-state index in [4.69, 9.17) is 14.2 Å². The van der Waals surface area contributed by atoms with Crippen LogP contribution in [0.1, 0.15) is 54.4 Å². The molecule has 1 aliphatic rings. The summed E-state index contributed by atoms with van der Waals surface area (Å²) in [4.78, 5) is 36.7. The molecule has 8 atom stereocenters. The number of hydrogen-bond acceptors (Lipinski definition) is 9. The van der Waals surface area contributed by atoms with Crippen molar-refractivity contribution >= 4 is 17.9 Å². The molecule has 0 bridgehead atoms. The summed E-state index contributed by atoms with van der Waals surface area (Å²) < 4.78 is 15.8. The Hall–Kier alpha value is -1.97. The number of esters is 3. The predicted octanol–water partition coefficient (Wildman–Crippen LogP) is 0.876. The summed E-state index contributed by atoms with van der Waals surface area (Å²) in [7, 11) is 0. The Bertz CT molecular complexity index is 644. The highest BCUT2D eigenvalue weighted by atomic mass is 16.6. The minimum atomic E-state index is -1.76. The van der Waals surface area contributed by atoms with E-state index in [0.29, 0.717) is 12.8 Å². The fraction of sp³-hybridized carbons (Fsp3) is 0.762.